The van der Waals surface area contributed by atoms with Crippen LogP contribution in [0.1, 0.15) is 33.3 Å². The SMILES string of the molecule is CCOc1ccc(N=C2NC(=O)/C(=C\c3cc(Cl)c(OC(C)C)c(OCC)c3)S2)cc1. The topological polar surface area (TPSA) is 69.2 Å². The summed E-state index contributed by atoms with van der Waals surface area (Å²) in [7, 11) is 0. The Kier molecular flexibility index (Phi) is 7.87. The van der Waals surface area contributed by atoms with Gasteiger partial charge in [-0.15, -0.1) is 0 Å². The van der Waals surface area contributed by atoms with Crippen molar-refractivity contribution in [2.75, 3.05) is 13.2 Å². The quantitative estimate of drug-likeness (QED) is 0.503. The van der Waals surface area contributed by atoms with Gasteiger partial charge in [-0.2, -0.15) is 0 Å². The predicted molar refractivity (Wildman–Crippen MR) is 127 cm³/mol. The Labute approximate surface area is 191 Å². The number of thioether (sulfide) groups is 1. The Morgan fingerprint density at radius 2 is 1.84 bits per heavy atom. The third-order valence-corrected chi connectivity index (χ3v) is 5.20. The molecule has 3 rings (SSSR count). The molecule has 0 unspecified atom stereocenters. The minimum atomic E-state index is -0.216. The normalized spacial score (nSPS) is 16.1. The van der Waals surface area contributed by atoms with Crippen LogP contribution >= 0.6 is 23.4 Å². The van der Waals surface area contributed by atoms with Crippen molar-refractivity contribution in [3.05, 3.63) is 51.9 Å². The summed E-state index contributed by atoms with van der Waals surface area (Å²) in [4.78, 5) is 17.4. The van der Waals surface area contributed by atoms with E-state index in [0.717, 1.165) is 17.0 Å². The molecule has 0 aromatic heterocycles. The van der Waals surface area contributed by atoms with E-state index in [4.69, 9.17) is 25.8 Å². The zero-order valence-corrected chi connectivity index (χ0v) is 19.5. The lowest BCUT2D eigenvalue weighted by molar-refractivity contribution is -0.115. The fourth-order valence-corrected chi connectivity index (χ4v) is 3.92. The molecule has 6 nitrogen and oxygen atoms in total. The molecule has 1 saturated heterocycles. The maximum atomic E-state index is 12.4. The Hall–Kier alpha value is -2.64. The van der Waals surface area contributed by atoms with E-state index in [-0.39, 0.29) is 12.0 Å². The van der Waals surface area contributed by atoms with Gasteiger partial charge in [-0.1, -0.05) is 11.6 Å². The second kappa shape index (κ2) is 10.6. The van der Waals surface area contributed by atoms with E-state index >= 15 is 0 Å². The molecule has 0 spiro atoms. The van der Waals surface area contributed by atoms with Crippen LogP contribution in [0.5, 0.6) is 17.2 Å². The number of hydrogen-bond donors (Lipinski definition) is 1. The van der Waals surface area contributed by atoms with Gasteiger partial charge in [-0.25, -0.2) is 4.99 Å². The minimum Gasteiger partial charge on any atom is -0.494 e. The molecule has 2 aromatic carbocycles. The van der Waals surface area contributed by atoms with Crippen molar-refractivity contribution in [3.8, 4) is 17.2 Å². The fourth-order valence-electron chi connectivity index (χ4n) is 2.82. The van der Waals surface area contributed by atoms with E-state index in [1.807, 2.05) is 58.0 Å². The van der Waals surface area contributed by atoms with E-state index in [1.54, 1.807) is 12.1 Å². The Morgan fingerprint density at radius 3 is 2.48 bits per heavy atom. The van der Waals surface area contributed by atoms with Crippen LogP contribution in [0.4, 0.5) is 5.69 Å². The van der Waals surface area contributed by atoms with Crippen LogP contribution in [-0.2, 0) is 4.79 Å². The first kappa shape index (κ1) is 23.0. The lowest BCUT2D eigenvalue weighted by atomic mass is 10.1. The van der Waals surface area contributed by atoms with Gasteiger partial charge in [0.25, 0.3) is 5.91 Å². The van der Waals surface area contributed by atoms with Crippen molar-refractivity contribution < 1.29 is 19.0 Å². The van der Waals surface area contributed by atoms with Crippen molar-refractivity contribution in [1.29, 1.82) is 0 Å². The van der Waals surface area contributed by atoms with Crippen LogP contribution in [0.3, 0.4) is 0 Å². The van der Waals surface area contributed by atoms with E-state index in [9.17, 15) is 4.79 Å². The summed E-state index contributed by atoms with van der Waals surface area (Å²) in [5, 5.41) is 3.73. The molecule has 8 heteroatoms. The zero-order chi connectivity index (χ0) is 22.4. The number of ether oxygens (including phenoxy) is 3. The molecule has 0 saturated carbocycles. The summed E-state index contributed by atoms with van der Waals surface area (Å²) in [6.07, 6.45) is 1.72. The van der Waals surface area contributed by atoms with Crippen LogP contribution in [0.25, 0.3) is 6.08 Å². The van der Waals surface area contributed by atoms with Crippen molar-refractivity contribution in [3.63, 3.8) is 0 Å². The lowest BCUT2D eigenvalue weighted by Gasteiger charge is -2.16. The summed E-state index contributed by atoms with van der Waals surface area (Å²) < 4.78 is 16.9. The summed E-state index contributed by atoms with van der Waals surface area (Å²) in [5.74, 6) is 1.61. The fraction of sp³-hybridized carbons (Fsp3) is 0.304. The third kappa shape index (κ3) is 6.18. The molecule has 1 N–H and O–H groups in total. The first-order valence-corrected chi connectivity index (χ1v) is 11.2. The molecule has 0 radical (unpaired) electrons. The first-order chi connectivity index (χ1) is 14.9. The average Bonchev–Trinajstić information content (AvgIpc) is 3.05. The molecule has 0 aliphatic carbocycles. The average molecular weight is 461 g/mol. The molecule has 164 valence electrons. The number of nitrogens with zero attached hydrogens (tertiary/aromatic N) is 1. The smallest absolute Gasteiger partial charge is 0.264 e. The predicted octanol–water partition coefficient (Wildman–Crippen LogP) is 5.82. The van der Waals surface area contributed by atoms with Gasteiger partial charge < -0.3 is 19.5 Å². The van der Waals surface area contributed by atoms with Crippen LogP contribution in [0, 0.1) is 0 Å². The number of benzene rings is 2. The van der Waals surface area contributed by atoms with Gasteiger partial charge in [-0.05, 0) is 87.5 Å². The highest BCUT2D eigenvalue weighted by molar-refractivity contribution is 8.18. The highest BCUT2D eigenvalue weighted by atomic mass is 35.5. The minimum absolute atomic E-state index is 0.0431. The Bertz CT molecular complexity index is 1000. The Balaban J connectivity index is 1.82. The van der Waals surface area contributed by atoms with Crippen molar-refractivity contribution in [1.82, 2.24) is 5.32 Å². The second-order valence-electron chi connectivity index (χ2n) is 6.84. The molecule has 1 fully saturated rings. The molecule has 1 aliphatic rings. The molecule has 1 heterocycles. The summed E-state index contributed by atoms with van der Waals surface area (Å²) in [5.41, 5.74) is 1.47. The van der Waals surface area contributed by atoms with Gasteiger partial charge in [0.05, 0.1) is 34.9 Å². The van der Waals surface area contributed by atoms with Crippen molar-refractivity contribution in [2.24, 2.45) is 4.99 Å². The summed E-state index contributed by atoms with van der Waals surface area (Å²) >= 11 is 7.70. The van der Waals surface area contributed by atoms with Crippen LogP contribution in [0.15, 0.2) is 46.3 Å². The van der Waals surface area contributed by atoms with Crippen LogP contribution in [0.2, 0.25) is 5.02 Å². The van der Waals surface area contributed by atoms with Gasteiger partial charge >= 0.3 is 0 Å². The Morgan fingerprint density at radius 1 is 1.13 bits per heavy atom. The molecular formula is C23H25ClN2O4S. The molecular weight excluding hydrogens is 436 g/mol. The number of rotatable bonds is 8. The third-order valence-electron chi connectivity index (χ3n) is 4.01. The summed E-state index contributed by atoms with van der Waals surface area (Å²) in [6, 6.07) is 10.9. The van der Waals surface area contributed by atoms with Gasteiger partial charge in [0, 0.05) is 0 Å². The zero-order valence-electron chi connectivity index (χ0n) is 17.9. The summed E-state index contributed by atoms with van der Waals surface area (Å²) in [6.45, 7) is 8.75. The number of aliphatic imine (C=N–C) groups is 1. The van der Waals surface area contributed by atoms with E-state index in [1.165, 1.54) is 11.8 Å². The first-order valence-electron chi connectivity index (χ1n) is 10.0. The molecule has 1 amide bonds. The molecule has 31 heavy (non-hydrogen) atoms. The second-order valence-corrected chi connectivity index (χ2v) is 8.28. The van der Waals surface area contributed by atoms with E-state index in [0.29, 0.717) is 39.8 Å². The monoisotopic (exact) mass is 460 g/mol. The molecule has 0 bridgehead atoms. The highest BCUT2D eigenvalue weighted by Crippen LogP contribution is 2.39. The number of halogens is 1. The number of carbonyl (C=O) groups excluding carboxylic acids is 1. The maximum absolute atomic E-state index is 12.4. The largest absolute Gasteiger partial charge is 0.494 e. The lowest BCUT2D eigenvalue weighted by Crippen LogP contribution is -2.19. The number of amides is 1. The van der Waals surface area contributed by atoms with Gasteiger partial charge in [0.1, 0.15) is 5.75 Å². The number of amidine groups is 1. The van der Waals surface area contributed by atoms with Gasteiger partial charge in [0.15, 0.2) is 16.7 Å². The maximum Gasteiger partial charge on any atom is 0.264 e. The highest BCUT2D eigenvalue weighted by Gasteiger charge is 2.24. The van der Waals surface area contributed by atoms with Crippen LogP contribution < -0.4 is 19.5 Å². The van der Waals surface area contributed by atoms with E-state index < -0.39 is 0 Å². The molecule has 0 atom stereocenters. The van der Waals surface area contributed by atoms with Gasteiger partial charge in [-0.3, -0.25) is 4.79 Å². The van der Waals surface area contributed by atoms with Crippen molar-refractivity contribution in [2.45, 2.75) is 33.8 Å². The number of carbonyl (C=O) groups is 1. The standard InChI is InChI=1S/C23H25ClN2O4S/c1-5-28-17-9-7-16(8-10-17)25-23-26-22(27)20(31-23)13-15-11-18(24)21(30-14(3)4)19(12-15)29-6-2/h7-14H,5-6H2,1-4H3,(H,25,26,27)/b20-13+. The molecule has 1 aliphatic heterocycles. The van der Waals surface area contributed by atoms with Gasteiger partial charge in [0.2, 0.25) is 0 Å². The molecule has 2 aromatic rings. The number of hydrogen-bond acceptors (Lipinski definition) is 6. The van der Waals surface area contributed by atoms with E-state index in [2.05, 4.69) is 10.3 Å². The van der Waals surface area contributed by atoms with Crippen molar-refractivity contribution >= 4 is 46.2 Å². The van der Waals surface area contributed by atoms with Crippen LogP contribution in [-0.4, -0.2) is 30.4 Å². The number of nitrogens with one attached hydrogen (secondary N) is 1.